The minimum atomic E-state index is -0.00935. The van der Waals surface area contributed by atoms with Crippen LogP contribution in [-0.4, -0.2) is 11.2 Å². The molecule has 0 spiro atoms. The Kier molecular flexibility index (Phi) is 2.12. The van der Waals surface area contributed by atoms with E-state index in [-0.39, 0.29) is 6.10 Å². The van der Waals surface area contributed by atoms with Crippen LogP contribution in [0.2, 0.25) is 0 Å². The molecule has 1 rings (SSSR count). The number of rotatable bonds is 1. The third kappa shape index (κ3) is 1.68. The lowest BCUT2D eigenvalue weighted by Gasteiger charge is -2.11. The van der Waals surface area contributed by atoms with E-state index in [1.807, 2.05) is 0 Å². The molecule has 2 atom stereocenters. The second-order valence-electron chi connectivity index (χ2n) is 3.24. The monoisotopic (exact) mass is 127 g/mol. The fraction of sp³-hybridized carbons (Fsp3) is 0.875. The Morgan fingerprint density at radius 2 is 2.00 bits per heavy atom. The molecule has 1 radical (unpaired) electrons. The Balaban J connectivity index is 2.30. The summed E-state index contributed by atoms with van der Waals surface area (Å²) < 4.78 is 0. The van der Waals surface area contributed by atoms with Gasteiger partial charge in [-0.05, 0) is 31.1 Å². The van der Waals surface area contributed by atoms with Gasteiger partial charge in [0.25, 0.3) is 0 Å². The van der Waals surface area contributed by atoms with Gasteiger partial charge >= 0.3 is 0 Å². The summed E-state index contributed by atoms with van der Waals surface area (Å²) in [6.45, 7) is 4.31. The summed E-state index contributed by atoms with van der Waals surface area (Å²) in [7, 11) is 0. The van der Waals surface area contributed by atoms with Crippen LogP contribution in [0, 0.1) is 11.8 Å². The molecule has 0 aromatic heterocycles. The standard InChI is InChI=1S/C8H15O/c1-6(2)7-3-4-8(9)5-7/h7-9H,3-5H2,1-2H3. The van der Waals surface area contributed by atoms with Crippen LogP contribution in [0.4, 0.5) is 0 Å². The molecule has 2 unspecified atom stereocenters. The lowest BCUT2D eigenvalue weighted by atomic mass is 9.95. The summed E-state index contributed by atoms with van der Waals surface area (Å²) in [6.07, 6.45) is 3.20. The SMILES string of the molecule is C[C](C)C1CCC(O)C1. The van der Waals surface area contributed by atoms with Crippen molar-refractivity contribution >= 4 is 0 Å². The van der Waals surface area contributed by atoms with Gasteiger partial charge in [0.05, 0.1) is 6.10 Å². The summed E-state index contributed by atoms with van der Waals surface area (Å²) >= 11 is 0. The minimum Gasteiger partial charge on any atom is -0.393 e. The fourth-order valence-electron chi connectivity index (χ4n) is 1.48. The number of hydrogen-bond donors (Lipinski definition) is 1. The van der Waals surface area contributed by atoms with Gasteiger partial charge in [0.1, 0.15) is 0 Å². The maximum atomic E-state index is 9.14. The van der Waals surface area contributed by atoms with Gasteiger partial charge in [-0.2, -0.15) is 0 Å². The van der Waals surface area contributed by atoms with E-state index in [2.05, 4.69) is 13.8 Å². The van der Waals surface area contributed by atoms with Crippen molar-refractivity contribution < 1.29 is 5.11 Å². The third-order valence-electron chi connectivity index (χ3n) is 2.22. The first-order valence-corrected chi connectivity index (χ1v) is 3.68. The molecule has 1 nitrogen and oxygen atoms in total. The van der Waals surface area contributed by atoms with Gasteiger partial charge in [0.2, 0.25) is 0 Å². The minimum absolute atomic E-state index is 0.00935. The zero-order valence-electron chi connectivity index (χ0n) is 6.22. The average molecular weight is 127 g/mol. The first-order valence-electron chi connectivity index (χ1n) is 3.68. The maximum Gasteiger partial charge on any atom is 0.0543 e. The van der Waals surface area contributed by atoms with Gasteiger partial charge in [-0.3, -0.25) is 0 Å². The third-order valence-corrected chi connectivity index (χ3v) is 2.22. The van der Waals surface area contributed by atoms with Gasteiger partial charge in [0, 0.05) is 0 Å². The van der Waals surface area contributed by atoms with Crippen LogP contribution in [0.1, 0.15) is 33.1 Å². The Morgan fingerprint density at radius 1 is 1.33 bits per heavy atom. The first-order chi connectivity index (χ1) is 4.20. The van der Waals surface area contributed by atoms with E-state index in [1.54, 1.807) is 0 Å². The van der Waals surface area contributed by atoms with Crippen LogP contribution in [-0.2, 0) is 0 Å². The first kappa shape index (κ1) is 7.07. The molecule has 1 aliphatic rings. The van der Waals surface area contributed by atoms with E-state index >= 15 is 0 Å². The van der Waals surface area contributed by atoms with Crippen LogP contribution in [0.3, 0.4) is 0 Å². The molecular formula is C8H15O. The van der Waals surface area contributed by atoms with Crippen LogP contribution >= 0.6 is 0 Å². The van der Waals surface area contributed by atoms with Crippen LogP contribution in [0.5, 0.6) is 0 Å². The fourth-order valence-corrected chi connectivity index (χ4v) is 1.48. The molecule has 0 saturated heterocycles. The lowest BCUT2D eigenvalue weighted by molar-refractivity contribution is 0.178. The van der Waals surface area contributed by atoms with Gasteiger partial charge in [0.15, 0.2) is 0 Å². The number of aliphatic hydroxyl groups excluding tert-OH is 1. The Morgan fingerprint density at radius 3 is 2.22 bits per heavy atom. The molecule has 53 valence electrons. The zero-order chi connectivity index (χ0) is 6.85. The van der Waals surface area contributed by atoms with E-state index in [0.29, 0.717) is 5.92 Å². The van der Waals surface area contributed by atoms with E-state index in [9.17, 15) is 0 Å². The molecule has 1 fully saturated rings. The summed E-state index contributed by atoms with van der Waals surface area (Å²) in [5.74, 6) is 2.19. The Bertz CT molecular complexity index is 88.6. The highest BCUT2D eigenvalue weighted by atomic mass is 16.3. The van der Waals surface area contributed by atoms with Gasteiger partial charge in [-0.25, -0.2) is 0 Å². The molecule has 1 heteroatoms. The predicted molar refractivity (Wildman–Crippen MR) is 37.9 cm³/mol. The van der Waals surface area contributed by atoms with Crippen molar-refractivity contribution in [1.82, 2.24) is 0 Å². The van der Waals surface area contributed by atoms with Crippen molar-refractivity contribution in [2.75, 3.05) is 0 Å². The van der Waals surface area contributed by atoms with Crippen molar-refractivity contribution in [2.45, 2.75) is 39.2 Å². The van der Waals surface area contributed by atoms with Crippen LogP contribution in [0.15, 0.2) is 0 Å². The Hall–Kier alpha value is -0.0400. The molecule has 0 aromatic carbocycles. The molecule has 0 aliphatic heterocycles. The van der Waals surface area contributed by atoms with Crippen LogP contribution < -0.4 is 0 Å². The molecule has 0 bridgehead atoms. The average Bonchev–Trinajstić information content (AvgIpc) is 2.14. The normalized spacial score (nSPS) is 36.0. The highest BCUT2D eigenvalue weighted by Gasteiger charge is 2.24. The van der Waals surface area contributed by atoms with Crippen molar-refractivity contribution in [2.24, 2.45) is 5.92 Å². The number of aliphatic hydroxyl groups is 1. The summed E-state index contributed by atoms with van der Waals surface area (Å²) in [6, 6.07) is 0. The quantitative estimate of drug-likeness (QED) is 0.569. The highest BCUT2D eigenvalue weighted by molar-refractivity contribution is 4.92. The molecule has 1 aliphatic carbocycles. The van der Waals surface area contributed by atoms with Crippen molar-refractivity contribution in [1.29, 1.82) is 0 Å². The molecule has 9 heavy (non-hydrogen) atoms. The largest absolute Gasteiger partial charge is 0.393 e. The van der Waals surface area contributed by atoms with Crippen molar-refractivity contribution in [3.05, 3.63) is 5.92 Å². The van der Waals surface area contributed by atoms with E-state index in [0.717, 1.165) is 12.8 Å². The Labute approximate surface area is 57.1 Å². The van der Waals surface area contributed by atoms with Gasteiger partial charge < -0.3 is 5.11 Å². The van der Waals surface area contributed by atoms with E-state index in [1.165, 1.54) is 12.3 Å². The molecule has 0 aromatic rings. The molecule has 0 heterocycles. The molecular weight excluding hydrogens is 112 g/mol. The summed E-state index contributed by atoms with van der Waals surface area (Å²) in [4.78, 5) is 0. The second-order valence-corrected chi connectivity index (χ2v) is 3.24. The maximum absolute atomic E-state index is 9.14. The van der Waals surface area contributed by atoms with Crippen molar-refractivity contribution in [3.63, 3.8) is 0 Å². The van der Waals surface area contributed by atoms with Gasteiger partial charge in [-0.1, -0.05) is 13.8 Å². The molecule has 0 amide bonds. The van der Waals surface area contributed by atoms with Crippen molar-refractivity contribution in [3.8, 4) is 0 Å². The molecule has 1 saturated carbocycles. The van der Waals surface area contributed by atoms with Crippen LogP contribution in [0.25, 0.3) is 0 Å². The summed E-state index contributed by atoms with van der Waals surface area (Å²) in [5.41, 5.74) is 0. The van der Waals surface area contributed by atoms with E-state index in [4.69, 9.17) is 5.11 Å². The van der Waals surface area contributed by atoms with E-state index < -0.39 is 0 Å². The zero-order valence-corrected chi connectivity index (χ0v) is 6.22. The summed E-state index contributed by atoms with van der Waals surface area (Å²) in [5, 5.41) is 9.14. The predicted octanol–water partition coefficient (Wildman–Crippen LogP) is 1.76. The highest BCUT2D eigenvalue weighted by Crippen LogP contribution is 2.31. The van der Waals surface area contributed by atoms with Gasteiger partial charge in [-0.15, -0.1) is 0 Å². The number of hydrogen-bond acceptors (Lipinski definition) is 1. The molecule has 1 N–H and O–H groups in total. The lowest BCUT2D eigenvalue weighted by Crippen LogP contribution is -2.04. The smallest absolute Gasteiger partial charge is 0.0543 e. The second kappa shape index (κ2) is 2.70. The topological polar surface area (TPSA) is 20.2 Å².